The highest BCUT2D eigenvalue weighted by atomic mass is 19.1. The van der Waals surface area contributed by atoms with E-state index in [1.165, 1.54) is 12.1 Å². The van der Waals surface area contributed by atoms with Crippen molar-refractivity contribution in [2.75, 3.05) is 0 Å². The van der Waals surface area contributed by atoms with E-state index in [1.54, 1.807) is 0 Å². The largest absolute Gasteiger partial charge is 0.319 e. The average Bonchev–Trinajstić information content (AvgIpc) is 3.88. The quantitative estimate of drug-likeness (QED) is 0.150. The maximum atomic E-state index is 15.4. The van der Waals surface area contributed by atoms with Crippen LogP contribution < -0.4 is 0 Å². The smallest absolute Gasteiger partial charge is 0.212 e. The lowest BCUT2D eigenvalue weighted by Gasteiger charge is -2.19. The normalized spacial score (nSPS) is 11.5. The van der Waals surface area contributed by atoms with Crippen LogP contribution in [0.3, 0.4) is 0 Å². The van der Waals surface area contributed by atoms with Crippen LogP contribution >= 0.6 is 0 Å². The number of pyridine rings is 2. The van der Waals surface area contributed by atoms with Crippen LogP contribution in [0.5, 0.6) is 0 Å². The van der Waals surface area contributed by atoms with Gasteiger partial charge in [-0.25, -0.2) is 13.6 Å². The molecule has 0 spiro atoms. The van der Waals surface area contributed by atoms with Crippen molar-refractivity contribution >= 4 is 49.3 Å². The van der Waals surface area contributed by atoms with Crippen LogP contribution in [0.25, 0.3) is 116 Å². The molecule has 0 atom stereocenters. The number of para-hydroxylation sites is 2. The molecule has 0 saturated heterocycles. The van der Waals surface area contributed by atoms with E-state index in [1.807, 2.05) is 109 Å². The number of rotatable bonds is 7. The molecule has 0 saturated carbocycles. The van der Waals surface area contributed by atoms with E-state index in [-0.39, 0.29) is 0 Å². The minimum atomic E-state index is -0.693. The van der Waals surface area contributed by atoms with Gasteiger partial charge in [0, 0.05) is 62.4 Å². The van der Waals surface area contributed by atoms with E-state index in [4.69, 9.17) is 6.57 Å². The zero-order chi connectivity index (χ0) is 44.3. The van der Waals surface area contributed by atoms with Gasteiger partial charge in [0.15, 0.2) is 0 Å². The van der Waals surface area contributed by atoms with Crippen LogP contribution in [0.15, 0.2) is 213 Å². The van der Waals surface area contributed by atoms with Gasteiger partial charge in [0.2, 0.25) is 5.69 Å². The van der Waals surface area contributed by atoms with Gasteiger partial charge in [-0.2, -0.15) is 0 Å². The van der Waals surface area contributed by atoms with Crippen molar-refractivity contribution in [3.63, 3.8) is 0 Å². The van der Waals surface area contributed by atoms with Gasteiger partial charge < -0.3 is 9.13 Å². The first-order valence-electron chi connectivity index (χ1n) is 21.6. The van der Waals surface area contributed by atoms with Gasteiger partial charge in [0.25, 0.3) is 0 Å². The molecule has 8 aromatic carbocycles. The molecule has 7 heteroatoms. The Bertz CT molecular complexity index is 3900. The Balaban J connectivity index is 1.07. The Hall–Kier alpha value is -8.99. The van der Waals surface area contributed by atoms with Gasteiger partial charge in [-0.1, -0.05) is 109 Å². The van der Waals surface area contributed by atoms with Crippen molar-refractivity contribution in [2.24, 2.45) is 0 Å². The number of benzene rings is 8. The number of hydrogen-bond acceptors (Lipinski definition) is 2. The fourth-order valence-corrected chi connectivity index (χ4v) is 9.54. The number of aromatic nitrogens is 4. The maximum absolute atomic E-state index is 15.4. The second-order valence-electron chi connectivity index (χ2n) is 16.4. The zero-order valence-corrected chi connectivity index (χ0v) is 35.2. The van der Waals surface area contributed by atoms with E-state index >= 15 is 8.78 Å². The molecule has 0 aliphatic rings. The average molecular weight is 852 g/mol. The predicted molar refractivity (Wildman–Crippen MR) is 264 cm³/mol. The molecular weight excluding hydrogens is 817 g/mol. The van der Waals surface area contributed by atoms with Crippen LogP contribution in [0.2, 0.25) is 0 Å². The summed E-state index contributed by atoms with van der Waals surface area (Å²) < 4.78 is 34.9. The lowest BCUT2D eigenvalue weighted by molar-refractivity contribution is 0.584. The van der Waals surface area contributed by atoms with Crippen molar-refractivity contribution in [3.05, 3.63) is 236 Å². The van der Waals surface area contributed by atoms with E-state index in [0.29, 0.717) is 28.2 Å². The minimum Gasteiger partial charge on any atom is -0.319 e. The predicted octanol–water partition coefficient (Wildman–Crippen LogP) is 15.8. The van der Waals surface area contributed by atoms with Gasteiger partial charge in [-0.05, 0) is 113 Å². The summed E-state index contributed by atoms with van der Waals surface area (Å²) in [5, 5.41) is 4.00. The molecule has 4 heterocycles. The summed E-state index contributed by atoms with van der Waals surface area (Å²) in [4.78, 5) is 13.5. The van der Waals surface area contributed by atoms with Crippen molar-refractivity contribution in [2.45, 2.75) is 0 Å². The van der Waals surface area contributed by atoms with Gasteiger partial charge in [0.05, 0.1) is 45.7 Å². The highest BCUT2D eigenvalue weighted by molar-refractivity contribution is 6.13. The van der Waals surface area contributed by atoms with Crippen LogP contribution in [0.1, 0.15) is 0 Å². The summed E-state index contributed by atoms with van der Waals surface area (Å²) in [7, 11) is 0. The summed E-state index contributed by atoms with van der Waals surface area (Å²) >= 11 is 0. The van der Waals surface area contributed by atoms with Crippen molar-refractivity contribution in [3.8, 4) is 67.3 Å². The Morgan fingerprint density at radius 1 is 0.364 bits per heavy atom. The Morgan fingerprint density at radius 2 is 0.818 bits per heavy atom. The van der Waals surface area contributed by atoms with Crippen LogP contribution in [-0.2, 0) is 0 Å². The zero-order valence-electron chi connectivity index (χ0n) is 35.2. The molecule has 66 heavy (non-hydrogen) atoms. The minimum absolute atomic E-state index is 0.350. The number of halogens is 2. The first-order valence-corrected chi connectivity index (χ1v) is 21.6. The summed E-state index contributed by atoms with van der Waals surface area (Å²) in [5.74, 6) is -1.39. The molecule has 0 radical (unpaired) electrons. The molecule has 12 rings (SSSR count). The first kappa shape index (κ1) is 38.7. The van der Waals surface area contributed by atoms with Crippen LogP contribution in [-0.4, -0.2) is 19.1 Å². The molecule has 12 aromatic rings. The Kier molecular flexibility index (Phi) is 9.18. The van der Waals surface area contributed by atoms with Crippen LogP contribution in [0, 0.1) is 18.2 Å². The second kappa shape index (κ2) is 15.7. The Labute approximate surface area is 378 Å². The fraction of sp³-hybridized carbons (Fsp3) is 0. The molecule has 0 bridgehead atoms. The molecule has 0 unspecified atom stereocenters. The maximum Gasteiger partial charge on any atom is 0.212 e. The summed E-state index contributed by atoms with van der Waals surface area (Å²) in [6.07, 6.45) is 3.67. The third kappa shape index (κ3) is 6.51. The highest BCUT2D eigenvalue weighted by Crippen LogP contribution is 2.44. The van der Waals surface area contributed by atoms with Crippen molar-refractivity contribution in [1.82, 2.24) is 19.1 Å². The molecule has 0 N–H and O–H groups in total. The molecule has 5 nitrogen and oxygen atoms in total. The summed E-state index contributed by atoms with van der Waals surface area (Å²) in [5.41, 5.74) is 14.0. The number of hydrogen-bond donors (Lipinski definition) is 0. The molecule has 0 aliphatic heterocycles. The van der Waals surface area contributed by atoms with Crippen molar-refractivity contribution < 1.29 is 8.78 Å². The first-order chi connectivity index (χ1) is 32.5. The molecule has 4 aromatic heterocycles. The SMILES string of the molecule is [C-]#[N+]c1cc(-n2c3ccccc3c3cc(-c4ccnc(-c5ccccc5)c4)ccc32)c(-c2cc(F)cc(F)c2)cc1-n1c2ccccc2c2cc(-c3ccnc(-c4ccccc4)c3)ccc21. The number of nitrogens with zero attached hydrogens (tertiary/aromatic N) is 5. The molecule has 0 aliphatic carbocycles. The fourth-order valence-electron chi connectivity index (χ4n) is 9.54. The highest BCUT2D eigenvalue weighted by Gasteiger charge is 2.23. The van der Waals surface area contributed by atoms with E-state index < -0.39 is 11.6 Å². The van der Waals surface area contributed by atoms with Gasteiger partial charge in [-0.3, -0.25) is 9.97 Å². The molecule has 0 amide bonds. The van der Waals surface area contributed by atoms with E-state index in [9.17, 15) is 0 Å². The lowest BCUT2D eigenvalue weighted by atomic mass is 10.00. The Morgan fingerprint density at radius 3 is 1.33 bits per heavy atom. The van der Waals surface area contributed by atoms with Gasteiger partial charge >= 0.3 is 0 Å². The molecular formula is C59H35F2N5. The number of fused-ring (bicyclic) bond motifs is 6. The van der Waals surface area contributed by atoms with Crippen LogP contribution in [0.4, 0.5) is 14.5 Å². The molecule has 310 valence electrons. The third-order valence-electron chi connectivity index (χ3n) is 12.5. The van der Waals surface area contributed by atoms with E-state index in [0.717, 1.165) is 94.4 Å². The third-order valence-corrected chi connectivity index (χ3v) is 12.5. The van der Waals surface area contributed by atoms with Gasteiger partial charge in [0.1, 0.15) is 11.6 Å². The topological polar surface area (TPSA) is 40.0 Å². The lowest BCUT2D eigenvalue weighted by Crippen LogP contribution is -2.02. The summed E-state index contributed by atoms with van der Waals surface area (Å²) in [6.45, 7) is 8.71. The van der Waals surface area contributed by atoms with Gasteiger partial charge in [-0.15, -0.1) is 0 Å². The summed E-state index contributed by atoms with van der Waals surface area (Å²) in [6, 6.07) is 64.9. The van der Waals surface area contributed by atoms with Crippen molar-refractivity contribution in [1.29, 1.82) is 0 Å². The molecule has 0 fully saturated rings. The monoisotopic (exact) mass is 851 g/mol. The second-order valence-corrected chi connectivity index (χ2v) is 16.4. The standard InChI is InChI=1S/C59H35F2N5/c1-62-53-36-58(65-54-18-10-8-16-46(54)49-30-39(20-22-56(49)65)41-24-26-63-51(32-41)37-12-4-2-5-13-37)48(43-28-44(60)34-45(61)29-43)35-59(53)66-55-19-11-9-17-47(55)50-31-40(21-23-57(50)66)42-25-27-64-52(33-42)38-14-6-3-7-15-38/h2-36H. The van der Waals surface area contributed by atoms with E-state index in [2.05, 4.69) is 109 Å².